The molecule has 0 bridgehead atoms. The average molecular weight is 101 g/mol. The number of primary amides is 1. The predicted molar refractivity (Wildman–Crippen MR) is 24.8 cm³/mol. The van der Waals surface area contributed by atoms with Crippen LogP contribution in [0.5, 0.6) is 0 Å². The Balaban J connectivity index is 2.40. The van der Waals surface area contributed by atoms with Gasteiger partial charge in [-0.25, -0.2) is 4.79 Å². The smallest absolute Gasteiger partial charge is 0.298 e. The third-order valence-electron chi connectivity index (χ3n) is 1.05. The number of carbonyl (C=O) groups is 1. The molecule has 1 unspecified atom stereocenters. The van der Waals surface area contributed by atoms with E-state index in [9.17, 15) is 4.79 Å². The highest BCUT2D eigenvalue weighted by Gasteiger charge is 2.19. The standard InChI is InChI=1S/C4H8N2O/c1-3-2-5-4(7)6-3/h3H,2H2,1H3,(H2,5,6,7)/p+1. The first-order valence-corrected chi connectivity index (χ1v) is 2.43. The number of urea groups is 1. The molecule has 0 aromatic heterocycles. The van der Waals surface area contributed by atoms with Gasteiger partial charge in [0.25, 0.3) is 0 Å². The van der Waals surface area contributed by atoms with Gasteiger partial charge in [0.2, 0.25) is 0 Å². The van der Waals surface area contributed by atoms with E-state index >= 15 is 0 Å². The molecule has 3 heteroatoms. The maximum atomic E-state index is 10.3. The molecule has 0 aromatic carbocycles. The lowest BCUT2D eigenvalue weighted by Crippen LogP contribution is -2.85. The molecule has 1 fully saturated rings. The number of hydrogen-bond acceptors (Lipinski definition) is 1. The molecule has 0 saturated carbocycles. The van der Waals surface area contributed by atoms with Gasteiger partial charge in [-0.3, -0.25) is 10.6 Å². The zero-order valence-electron chi connectivity index (χ0n) is 4.27. The summed E-state index contributed by atoms with van der Waals surface area (Å²) < 4.78 is 0. The van der Waals surface area contributed by atoms with Crippen molar-refractivity contribution in [1.29, 1.82) is 0 Å². The maximum Gasteiger partial charge on any atom is 0.413 e. The van der Waals surface area contributed by atoms with E-state index in [1.807, 2.05) is 6.92 Å². The SMILES string of the molecule is CC1C[NH2+]C(=O)N1. The Morgan fingerprint density at radius 2 is 2.71 bits per heavy atom. The second kappa shape index (κ2) is 1.50. The van der Waals surface area contributed by atoms with Gasteiger partial charge in [0, 0.05) is 0 Å². The van der Waals surface area contributed by atoms with Crippen molar-refractivity contribution >= 4 is 6.03 Å². The fourth-order valence-corrected chi connectivity index (χ4v) is 0.645. The summed E-state index contributed by atoms with van der Waals surface area (Å²) in [6.45, 7) is 2.88. The number of carbonyl (C=O) groups excluding carboxylic acids is 1. The Kier molecular flexibility index (Phi) is 0.982. The first-order chi connectivity index (χ1) is 3.29. The van der Waals surface area contributed by atoms with Gasteiger partial charge in [0.15, 0.2) is 0 Å². The molecule has 3 nitrogen and oxygen atoms in total. The minimum absolute atomic E-state index is 0.0764. The normalized spacial score (nSPS) is 30.4. The minimum atomic E-state index is 0.0764. The molecule has 7 heavy (non-hydrogen) atoms. The molecule has 0 aliphatic carbocycles. The highest BCUT2D eigenvalue weighted by atomic mass is 16.2. The van der Waals surface area contributed by atoms with Crippen LogP contribution in [0.3, 0.4) is 0 Å². The minimum Gasteiger partial charge on any atom is -0.298 e. The topological polar surface area (TPSA) is 45.7 Å². The molecular weight excluding hydrogens is 92.1 g/mol. The number of quaternary nitrogens is 1. The summed E-state index contributed by atoms with van der Waals surface area (Å²) >= 11 is 0. The van der Waals surface area contributed by atoms with E-state index in [-0.39, 0.29) is 6.03 Å². The van der Waals surface area contributed by atoms with Gasteiger partial charge in [0.05, 0.1) is 6.04 Å². The van der Waals surface area contributed by atoms with Crippen LogP contribution >= 0.6 is 0 Å². The van der Waals surface area contributed by atoms with E-state index in [1.54, 1.807) is 5.32 Å². The number of nitrogens with two attached hydrogens (primary N) is 1. The summed E-state index contributed by atoms with van der Waals surface area (Å²) in [4.78, 5) is 10.3. The van der Waals surface area contributed by atoms with Crippen LogP contribution in [-0.2, 0) is 0 Å². The molecule has 1 saturated heterocycles. The number of hydrogen-bond donors (Lipinski definition) is 2. The zero-order valence-corrected chi connectivity index (χ0v) is 4.27. The molecule has 1 aliphatic rings. The van der Waals surface area contributed by atoms with Gasteiger partial charge in [-0.2, -0.15) is 0 Å². The van der Waals surface area contributed by atoms with Gasteiger partial charge in [-0.1, -0.05) is 0 Å². The molecule has 1 rings (SSSR count). The lowest BCUT2D eigenvalue weighted by molar-refractivity contribution is -0.541. The summed E-state index contributed by atoms with van der Waals surface area (Å²) in [5.41, 5.74) is 0. The third-order valence-corrected chi connectivity index (χ3v) is 1.05. The van der Waals surface area contributed by atoms with Crippen molar-refractivity contribution in [1.82, 2.24) is 5.32 Å². The number of rotatable bonds is 0. The highest BCUT2D eigenvalue weighted by Crippen LogP contribution is 1.76. The Morgan fingerprint density at radius 3 is 2.86 bits per heavy atom. The van der Waals surface area contributed by atoms with Crippen molar-refractivity contribution in [2.75, 3.05) is 6.54 Å². The van der Waals surface area contributed by atoms with Crippen LogP contribution < -0.4 is 10.6 Å². The van der Waals surface area contributed by atoms with Crippen molar-refractivity contribution in [3.05, 3.63) is 0 Å². The Labute approximate surface area is 42.1 Å². The number of nitrogens with one attached hydrogen (secondary N) is 1. The van der Waals surface area contributed by atoms with E-state index in [1.165, 1.54) is 0 Å². The second-order valence-corrected chi connectivity index (χ2v) is 1.85. The molecule has 0 spiro atoms. The lowest BCUT2D eigenvalue weighted by Gasteiger charge is -1.89. The van der Waals surface area contributed by atoms with Crippen LogP contribution in [-0.4, -0.2) is 18.6 Å². The molecule has 0 aromatic rings. The molecule has 1 atom stereocenters. The fourth-order valence-electron chi connectivity index (χ4n) is 0.645. The highest BCUT2D eigenvalue weighted by molar-refractivity contribution is 5.64. The summed E-state index contributed by atoms with van der Waals surface area (Å²) in [5, 5.41) is 4.39. The molecule has 1 heterocycles. The molecular formula is C4H9N2O+. The molecule has 2 amide bonds. The average Bonchev–Trinajstić information content (AvgIpc) is 1.87. The van der Waals surface area contributed by atoms with Crippen molar-refractivity contribution < 1.29 is 10.1 Å². The van der Waals surface area contributed by atoms with Crippen LogP contribution in [0.4, 0.5) is 4.79 Å². The van der Waals surface area contributed by atoms with Gasteiger partial charge in [0.1, 0.15) is 6.54 Å². The van der Waals surface area contributed by atoms with Crippen LogP contribution in [0.25, 0.3) is 0 Å². The Hall–Kier alpha value is -0.570. The quantitative estimate of drug-likeness (QED) is 0.390. The summed E-state index contributed by atoms with van der Waals surface area (Å²) in [6, 6.07) is 0.444. The van der Waals surface area contributed by atoms with E-state index < -0.39 is 0 Å². The monoisotopic (exact) mass is 101 g/mol. The molecule has 3 N–H and O–H groups in total. The Morgan fingerprint density at radius 1 is 2.00 bits per heavy atom. The summed E-state index contributed by atoms with van der Waals surface area (Å²) in [7, 11) is 0. The summed E-state index contributed by atoms with van der Waals surface area (Å²) in [6.07, 6.45) is 0. The number of amides is 2. The third kappa shape index (κ3) is 0.899. The van der Waals surface area contributed by atoms with Gasteiger partial charge in [-0.15, -0.1) is 0 Å². The van der Waals surface area contributed by atoms with Crippen molar-refractivity contribution in [2.45, 2.75) is 13.0 Å². The summed E-state index contributed by atoms with van der Waals surface area (Å²) in [5.74, 6) is 0. The van der Waals surface area contributed by atoms with Gasteiger partial charge < -0.3 is 0 Å². The van der Waals surface area contributed by atoms with E-state index in [0.29, 0.717) is 6.04 Å². The van der Waals surface area contributed by atoms with E-state index in [4.69, 9.17) is 0 Å². The van der Waals surface area contributed by atoms with E-state index in [0.717, 1.165) is 6.54 Å². The fraction of sp³-hybridized carbons (Fsp3) is 0.750. The maximum absolute atomic E-state index is 10.3. The van der Waals surface area contributed by atoms with E-state index in [2.05, 4.69) is 5.32 Å². The second-order valence-electron chi connectivity index (χ2n) is 1.85. The van der Waals surface area contributed by atoms with Crippen molar-refractivity contribution in [2.24, 2.45) is 0 Å². The Bertz CT molecular complexity index is 91.7. The van der Waals surface area contributed by atoms with Crippen molar-refractivity contribution in [3.63, 3.8) is 0 Å². The largest absolute Gasteiger partial charge is 0.413 e. The molecule has 0 radical (unpaired) electrons. The van der Waals surface area contributed by atoms with Crippen LogP contribution in [0.2, 0.25) is 0 Å². The first kappa shape index (κ1) is 4.59. The zero-order chi connectivity index (χ0) is 5.28. The molecule has 1 aliphatic heterocycles. The van der Waals surface area contributed by atoms with Crippen LogP contribution in [0, 0.1) is 0 Å². The van der Waals surface area contributed by atoms with Gasteiger partial charge in [-0.05, 0) is 6.92 Å². The molecule has 40 valence electrons. The predicted octanol–water partition coefficient (Wildman–Crippen LogP) is -1.34. The van der Waals surface area contributed by atoms with Gasteiger partial charge >= 0.3 is 6.03 Å². The van der Waals surface area contributed by atoms with Crippen molar-refractivity contribution in [3.8, 4) is 0 Å². The lowest BCUT2D eigenvalue weighted by atomic mass is 10.4. The first-order valence-electron chi connectivity index (χ1n) is 2.43. The van der Waals surface area contributed by atoms with Crippen LogP contribution in [0.1, 0.15) is 6.92 Å². The van der Waals surface area contributed by atoms with Crippen LogP contribution in [0.15, 0.2) is 0 Å².